The minimum absolute atomic E-state index is 0.200. The summed E-state index contributed by atoms with van der Waals surface area (Å²) in [6.07, 6.45) is -0.180. The maximum atomic E-state index is 13.4. The second-order valence-electron chi connectivity index (χ2n) is 7.59. The Labute approximate surface area is 175 Å². The van der Waals surface area contributed by atoms with Crippen molar-refractivity contribution in [3.05, 3.63) is 101 Å². The highest BCUT2D eigenvalue weighted by Crippen LogP contribution is 2.36. The zero-order valence-electron chi connectivity index (χ0n) is 16.6. The number of aryl methyl sites for hydroxylation is 1. The highest BCUT2D eigenvalue weighted by molar-refractivity contribution is 6.21. The van der Waals surface area contributed by atoms with E-state index in [-0.39, 0.29) is 11.8 Å². The van der Waals surface area contributed by atoms with E-state index in [1.165, 1.54) is 0 Å². The molecule has 0 fully saturated rings. The van der Waals surface area contributed by atoms with Crippen LogP contribution in [0, 0.1) is 6.92 Å². The molecule has 0 unspecified atom stereocenters. The lowest BCUT2D eigenvalue weighted by atomic mass is 9.98. The molecule has 3 aromatic carbocycles. The number of aliphatic imine (C=N–C) groups is 1. The molecular formula is C25H21N3O2. The van der Waals surface area contributed by atoms with Crippen molar-refractivity contribution in [1.82, 2.24) is 5.32 Å². The molecule has 5 rings (SSSR count). The molecule has 0 radical (unpaired) electrons. The van der Waals surface area contributed by atoms with Crippen LogP contribution in [0.5, 0.6) is 0 Å². The van der Waals surface area contributed by atoms with E-state index in [4.69, 9.17) is 4.99 Å². The molecule has 2 amide bonds. The number of rotatable bonds is 3. The minimum Gasteiger partial charge on any atom is -0.322 e. The van der Waals surface area contributed by atoms with Gasteiger partial charge in [-0.1, -0.05) is 66.7 Å². The number of hydrogen-bond acceptors (Lipinski definition) is 3. The summed E-state index contributed by atoms with van der Waals surface area (Å²) in [6.45, 7) is 2.48. The predicted octanol–water partition coefficient (Wildman–Crippen LogP) is 3.49. The van der Waals surface area contributed by atoms with E-state index in [1.807, 2.05) is 67.6 Å². The Kier molecular flexibility index (Phi) is 4.43. The zero-order valence-corrected chi connectivity index (χ0v) is 16.6. The molecule has 2 aliphatic rings. The minimum atomic E-state index is -0.981. The van der Waals surface area contributed by atoms with Gasteiger partial charge < -0.3 is 10.2 Å². The Bertz CT molecular complexity index is 1180. The fourth-order valence-electron chi connectivity index (χ4n) is 4.22. The fraction of sp³-hybridized carbons (Fsp3) is 0.160. The Morgan fingerprint density at radius 1 is 1.00 bits per heavy atom. The number of benzene rings is 3. The molecule has 1 N–H and O–H groups in total. The number of hydrogen-bond donors (Lipinski definition) is 1. The molecule has 2 aliphatic heterocycles. The van der Waals surface area contributed by atoms with Gasteiger partial charge in [0.25, 0.3) is 11.8 Å². The summed E-state index contributed by atoms with van der Waals surface area (Å²) >= 11 is 0. The van der Waals surface area contributed by atoms with Crippen molar-refractivity contribution in [3.63, 3.8) is 0 Å². The van der Waals surface area contributed by atoms with Gasteiger partial charge >= 0.3 is 0 Å². The molecule has 0 saturated carbocycles. The third-order valence-corrected chi connectivity index (χ3v) is 5.71. The van der Waals surface area contributed by atoms with E-state index in [2.05, 4.69) is 11.4 Å². The van der Waals surface area contributed by atoms with Crippen LogP contribution in [0.1, 0.15) is 32.6 Å². The van der Waals surface area contributed by atoms with Crippen LogP contribution in [0.25, 0.3) is 0 Å². The molecule has 0 bridgehead atoms. The first-order valence-electron chi connectivity index (χ1n) is 10.1. The molecule has 0 spiro atoms. The monoisotopic (exact) mass is 395 g/mol. The molecule has 3 aromatic rings. The second-order valence-corrected chi connectivity index (χ2v) is 7.59. The fourth-order valence-corrected chi connectivity index (χ4v) is 4.22. The van der Waals surface area contributed by atoms with Crippen LogP contribution < -0.4 is 10.2 Å². The number of anilines is 1. The zero-order chi connectivity index (χ0) is 20.7. The van der Waals surface area contributed by atoms with Crippen molar-refractivity contribution in [2.75, 3.05) is 11.4 Å². The lowest BCUT2D eigenvalue weighted by molar-refractivity contribution is -0.120. The summed E-state index contributed by atoms with van der Waals surface area (Å²) in [7, 11) is 0. The molecule has 0 aromatic heterocycles. The molecular weight excluding hydrogens is 374 g/mol. The molecule has 5 nitrogen and oxygen atoms in total. The van der Waals surface area contributed by atoms with Crippen LogP contribution >= 0.6 is 0 Å². The van der Waals surface area contributed by atoms with Gasteiger partial charge in [0.1, 0.15) is 0 Å². The average molecular weight is 395 g/mol. The summed E-state index contributed by atoms with van der Waals surface area (Å²) in [5, 5.41) is 2.87. The molecule has 0 aliphatic carbocycles. The van der Waals surface area contributed by atoms with Crippen molar-refractivity contribution < 1.29 is 9.59 Å². The van der Waals surface area contributed by atoms with Gasteiger partial charge in [0, 0.05) is 23.2 Å². The topological polar surface area (TPSA) is 61.8 Å². The second kappa shape index (κ2) is 7.26. The first-order chi connectivity index (χ1) is 14.6. The Balaban J connectivity index is 1.61. The van der Waals surface area contributed by atoms with Gasteiger partial charge in [-0.15, -0.1) is 0 Å². The van der Waals surface area contributed by atoms with E-state index >= 15 is 0 Å². The van der Waals surface area contributed by atoms with Crippen LogP contribution in [0.3, 0.4) is 0 Å². The van der Waals surface area contributed by atoms with Gasteiger partial charge in [-0.25, -0.2) is 4.99 Å². The Hall–Kier alpha value is -3.73. The van der Waals surface area contributed by atoms with Crippen LogP contribution in [0.2, 0.25) is 0 Å². The van der Waals surface area contributed by atoms with Crippen molar-refractivity contribution in [2.24, 2.45) is 4.99 Å². The van der Waals surface area contributed by atoms with Crippen molar-refractivity contribution in [1.29, 1.82) is 0 Å². The summed E-state index contributed by atoms with van der Waals surface area (Å²) in [5.41, 5.74) is 6.02. The van der Waals surface area contributed by atoms with Gasteiger partial charge in [-0.05, 0) is 30.5 Å². The molecule has 30 heavy (non-hydrogen) atoms. The molecule has 148 valence electrons. The van der Waals surface area contributed by atoms with Gasteiger partial charge in [0.2, 0.25) is 6.17 Å². The van der Waals surface area contributed by atoms with Crippen molar-refractivity contribution in [2.45, 2.75) is 19.5 Å². The smallest absolute Gasteiger partial charge is 0.272 e. The number of amides is 2. The third-order valence-electron chi connectivity index (χ3n) is 5.71. The number of para-hydroxylation sites is 1. The number of nitrogens with one attached hydrogen (secondary N) is 1. The molecule has 0 saturated heterocycles. The number of carbonyl (C=O) groups is 2. The normalized spacial score (nSPS) is 17.2. The summed E-state index contributed by atoms with van der Waals surface area (Å²) in [4.78, 5) is 32.9. The van der Waals surface area contributed by atoms with E-state index < -0.39 is 6.17 Å². The predicted molar refractivity (Wildman–Crippen MR) is 117 cm³/mol. The van der Waals surface area contributed by atoms with E-state index in [0.29, 0.717) is 12.1 Å². The van der Waals surface area contributed by atoms with E-state index in [1.54, 1.807) is 11.0 Å². The van der Waals surface area contributed by atoms with E-state index in [0.717, 1.165) is 40.1 Å². The quantitative estimate of drug-likeness (QED) is 0.738. The highest BCUT2D eigenvalue weighted by atomic mass is 16.2. The van der Waals surface area contributed by atoms with Gasteiger partial charge in [-0.2, -0.15) is 0 Å². The summed E-state index contributed by atoms with van der Waals surface area (Å²) < 4.78 is 0. The van der Waals surface area contributed by atoms with Crippen molar-refractivity contribution >= 4 is 23.2 Å². The highest BCUT2D eigenvalue weighted by Gasteiger charge is 2.37. The van der Waals surface area contributed by atoms with Crippen LogP contribution in [0.4, 0.5) is 5.69 Å². The SMILES string of the molecule is Cc1ccccc1C(=O)N[C@@H]1N=C(c2ccccc2)c2cccc3c2N(CC3)C1=O. The standard InChI is InChI=1S/C25H21N3O2/c1-16-8-5-6-12-19(16)24(29)27-23-25(30)28-15-14-18-11-7-13-20(22(18)28)21(26-23)17-9-3-2-4-10-17/h2-13,23H,14-15H2,1H3,(H,27,29)/t23-/m0/s1. The molecule has 2 heterocycles. The van der Waals surface area contributed by atoms with Crippen LogP contribution in [0.15, 0.2) is 77.8 Å². The van der Waals surface area contributed by atoms with Crippen molar-refractivity contribution in [3.8, 4) is 0 Å². The lowest BCUT2D eigenvalue weighted by Gasteiger charge is -2.21. The average Bonchev–Trinajstić information content (AvgIpc) is 3.16. The lowest BCUT2D eigenvalue weighted by Crippen LogP contribution is -2.47. The molecule has 1 atom stereocenters. The molecule has 5 heteroatoms. The number of nitrogens with zero attached hydrogens (tertiary/aromatic N) is 2. The summed E-state index contributed by atoms with van der Waals surface area (Å²) in [5.74, 6) is -0.498. The van der Waals surface area contributed by atoms with E-state index in [9.17, 15) is 9.59 Å². The Morgan fingerprint density at radius 2 is 1.77 bits per heavy atom. The van der Waals surface area contributed by atoms with Gasteiger partial charge in [0.15, 0.2) is 0 Å². The Morgan fingerprint density at radius 3 is 2.57 bits per heavy atom. The first-order valence-corrected chi connectivity index (χ1v) is 10.1. The first kappa shape index (κ1) is 18.3. The maximum absolute atomic E-state index is 13.4. The van der Waals surface area contributed by atoms with Gasteiger partial charge in [0.05, 0.1) is 11.4 Å². The van der Waals surface area contributed by atoms with Crippen LogP contribution in [-0.2, 0) is 11.2 Å². The maximum Gasteiger partial charge on any atom is 0.272 e. The third kappa shape index (κ3) is 2.99. The van der Waals surface area contributed by atoms with Gasteiger partial charge in [-0.3, -0.25) is 9.59 Å². The summed E-state index contributed by atoms with van der Waals surface area (Å²) in [6, 6.07) is 23.2. The largest absolute Gasteiger partial charge is 0.322 e. The number of carbonyl (C=O) groups excluding carboxylic acids is 2. The van der Waals surface area contributed by atoms with Crippen LogP contribution in [-0.4, -0.2) is 30.2 Å².